The Morgan fingerprint density at radius 2 is 1.77 bits per heavy atom. The van der Waals surface area contributed by atoms with Crippen LogP contribution in [0.4, 0.5) is 4.79 Å². The van der Waals surface area contributed by atoms with E-state index in [1.165, 1.54) is 7.11 Å². The number of carbonyl (C=O) groups excluding carboxylic acids is 3. The second kappa shape index (κ2) is 5.79. The van der Waals surface area contributed by atoms with Crippen molar-refractivity contribution in [1.82, 2.24) is 9.80 Å². The second-order valence-electron chi connectivity index (χ2n) is 5.60. The largest absolute Gasteiger partial charge is 0.496 e. The van der Waals surface area contributed by atoms with E-state index in [0.717, 1.165) is 35.5 Å². The van der Waals surface area contributed by atoms with Crippen molar-refractivity contribution in [3.63, 3.8) is 0 Å². The highest BCUT2D eigenvalue weighted by atomic mass is 16.5. The van der Waals surface area contributed by atoms with E-state index in [-0.39, 0.29) is 12.6 Å². The van der Waals surface area contributed by atoms with Crippen molar-refractivity contribution >= 4 is 17.8 Å². The summed E-state index contributed by atoms with van der Waals surface area (Å²) in [5.41, 5.74) is 0.702. The van der Waals surface area contributed by atoms with Gasteiger partial charge in [0.15, 0.2) is 0 Å². The minimum absolute atomic E-state index is 0.0522. The van der Waals surface area contributed by atoms with Crippen LogP contribution in [-0.2, 0) is 16.1 Å². The summed E-state index contributed by atoms with van der Waals surface area (Å²) in [6.07, 6.45) is 3.55. The quantitative estimate of drug-likeness (QED) is 0.629. The number of ether oxygens (including phenoxy) is 1. The lowest BCUT2D eigenvalue weighted by Gasteiger charge is -2.21. The molecule has 0 unspecified atom stereocenters. The predicted molar refractivity (Wildman–Crippen MR) is 78.0 cm³/mol. The molecule has 1 aliphatic carbocycles. The van der Waals surface area contributed by atoms with Gasteiger partial charge in [0.25, 0.3) is 0 Å². The number of urea groups is 1. The molecule has 2 fully saturated rings. The molecule has 116 valence electrons. The molecule has 0 bridgehead atoms. The van der Waals surface area contributed by atoms with E-state index in [1.54, 1.807) is 18.2 Å². The molecular formula is C16H18N2O4. The van der Waals surface area contributed by atoms with Crippen LogP contribution in [0.15, 0.2) is 24.3 Å². The highest BCUT2D eigenvalue weighted by Gasteiger charge is 2.48. The lowest BCUT2D eigenvalue weighted by atomic mass is 10.2. The first-order chi connectivity index (χ1) is 10.6. The van der Waals surface area contributed by atoms with E-state index in [0.29, 0.717) is 11.3 Å². The van der Waals surface area contributed by atoms with Crippen LogP contribution in [0.5, 0.6) is 5.75 Å². The molecule has 1 aromatic carbocycles. The zero-order valence-electron chi connectivity index (χ0n) is 12.4. The number of amides is 4. The molecule has 0 radical (unpaired) electrons. The van der Waals surface area contributed by atoms with Crippen LogP contribution in [0.1, 0.15) is 31.2 Å². The molecule has 1 saturated carbocycles. The summed E-state index contributed by atoms with van der Waals surface area (Å²) >= 11 is 0. The van der Waals surface area contributed by atoms with E-state index in [1.807, 2.05) is 6.07 Å². The molecule has 1 aliphatic heterocycles. The fourth-order valence-electron chi connectivity index (χ4n) is 3.15. The van der Waals surface area contributed by atoms with Gasteiger partial charge in [-0.15, -0.1) is 0 Å². The predicted octanol–water partition coefficient (Wildman–Crippen LogP) is 1.93. The van der Waals surface area contributed by atoms with E-state index in [2.05, 4.69) is 0 Å². The van der Waals surface area contributed by atoms with Gasteiger partial charge in [-0.05, 0) is 18.9 Å². The average Bonchev–Trinajstić information content (AvgIpc) is 3.11. The van der Waals surface area contributed by atoms with Gasteiger partial charge in [0.05, 0.1) is 13.7 Å². The van der Waals surface area contributed by atoms with Gasteiger partial charge in [-0.2, -0.15) is 0 Å². The second-order valence-corrected chi connectivity index (χ2v) is 5.60. The highest BCUT2D eigenvalue weighted by Crippen LogP contribution is 2.29. The van der Waals surface area contributed by atoms with Crippen LogP contribution in [-0.4, -0.2) is 40.8 Å². The molecule has 3 rings (SSSR count). The zero-order chi connectivity index (χ0) is 15.7. The molecular weight excluding hydrogens is 284 g/mol. The summed E-state index contributed by atoms with van der Waals surface area (Å²) in [5, 5.41) is 0. The van der Waals surface area contributed by atoms with Crippen LogP contribution in [0.25, 0.3) is 0 Å². The number of methoxy groups -OCH3 is 1. The topological polar surface area (TPSA) is 66.9 Å². The van der Waals surface area contributed by atoms with Crippen molar-refractivity contribution < 1.29 is 19.1 Å². The van der Waals surface area contributed by atoms with Crippen LogP contribution < -0.4 is 4.74 Å². The molecule has 1 heterocycles. The van der Waals surface area contributed by atoms with Gasteiger partial charge in [-0.3, -0.25) is 19.4 Å². The summed E-state index contributed by atoms with van der Waals surface area (Å²) < 4.78 is 5.23. The fraction of sp³-hybridized carbons (Fsp3) is 0.438. The van der Waals surface area contributed by atoms with Gasteiger partial charge < -0.3 is 4.74 Å². The Labute approximate surface area is 128 Å². The number of para-hydroxylation sites is 1. The number of benzene rings is 1. The molecule has 0 aromatic heterocycles. The molecule has 1 aromatic rings. The van der Waals surface area contributed by atoms with E-state index < -0.39 is 17.8 Å². The Balaban J connectivity index is 1.83. The van der Waals surface area contributed by atoms with Gasteiger partial charge >= 0.3 is 17.8 Å². The summed E-state index contributed by atoms with van der Waals surface area (Å²) in [5.74, 6) is -0.857. The maximum Gasteiger partial charge on any atom is 0.334 e. The van der Waals surface area contributed by atoms with Crippen LogP contribution in [0.3, 0.4) is 0 Å². The first kappa shape index (κ1) is 14.6. The lowest BCUT2D eigenvalue weighted by Crippen LogP contribution is -2.39. The number of carbonyl (C=O) groups is 3. The minimum atomic E-state index is -0.747. The Morgan fingerprint density at radius 1 is 1.09 bits per heavy atom. The molecule has 22 heavy (non-hydrogen) atoms. The Kier molecular flexibility index (Phi) is 3.83. The number of nitrogens with zero attached hydrogens (tertiary/aromatic N) is 2. The van der Waals surface area contributed by atoms with Crippen molar-refractivity contribution in [3.8, 4) is 5.75 Å². The first-order valence-electron chi connectivity index (χ1n) is 7.44. The third-order valence-corrected chi connectivity index (χ3v) is 4.29. The van der Waals surface area contributed by atoms with Crippen molar-refractivity contribution in [2.45, 2.75) is 38.3 Å². The third kappa shape index (κ3) is 2.34. The maximum absolute atomic E-state index is 12.5. The molecule has 0 atom stereocenters. The van der Waals surface area contributed by atoms with Crippen molar-refractivity contribution in [2.24, 2.45) is 0 Å². The number of hydrogen-bond acceptors (Lipinski definition) is 4. The summed E-state index contributed by atoms with van der Waals surface area (Å²) in [4.78, 5) is 38.9. The average molecular weight is 302 g/mol. The molecule has 2 aliphatic rings. The van der Waals surface area contributed by atoms with Gasteiger partial charge in [-0.1, -0.05) is 31.0 Å². The highest BCUT2D eigenvalue weighted by molar-refractivity contribution is 6.44. The fourth-order valence-corrected chi connectivity index (χ4v) is 3.15. The van der Waals surface area contributed by atoms with Crippen LogP contribution in [0.2, 0.25) is 0 Å². The summed E-state index contributed by atoms with van der Waals surface area (Å²) in [6, 6.07) is 6.52. The lowest BCUT2D eigenvalue weighted by molar-refractivity contribution is -0.144. The summed E-state index contributed by atoms with van der Waals surface area (Å²) in [6.45, 7) is 0.0522. The SMILES string of the molecule is COc1ccccc1CN1C(=O)C(=O)N(C2CCCC2)C1=O. The van der Waals surface area contributed by atoms with E-state index >= 15 is 0 Å². The number of hydrogen-bond donors (Lipinski definition) is 0. The van der Waals surface area contributed by atoms with Gasteiger partial charge in [0.1, 0.15) is 5.75 Å². The van der Waals surface area contributed by atoms with Crippen molar-refractivity contribution in [2.75, 3.05) is 7.11 Å². The van der Waals surface area contributed by atoms with Gasteiger partial charge in [0.2, 0.25) is 0 Å². The molecule has 4 amide bonds. The molecule has 1 saturated heterocycles. The first-order valence-corrected chi connectivity index (χ1v) is 7.44. The van der Waals surface area contributed by atoms with Gasteiger partial charge in [-0.25, -0.2) is 4.79 Å². The molecule has 0 spiro atoms. The van der Waals surface area contributed by atoms with E-state index in [4.69, 9.17) is 4.74 Å². The summed E-state index contributed by atoms with van der Waals surface area (Å²) in [7, 11) is 1.53. The number of rotatable bonds is 4. The number of imide groups is 2. The third-order valence-electron chi connectivity index (χ3n) is 4.29. The molecule has 6 nitrogen and oxygen atoms in total. The smallest absolute Gasteiger partial charge is 0.334 e. The Hall–Kier alpha value is -2.37. The molecule has 6 heteroatoms. The van der Waals surface area contributed by atoms with Crippen molar-refractivity contribution in [3.05, 3.63) is 29.8 Å². The normalized spacial score (nSPS) is 19.4. The monoisotopic (exact) mass is 302 g/mol. The molecule has 0 N–H and O–H groups in total. The standard InChI is InChI=1S/C16H18N2O4/c1-22-13-9-5-2-6-11(13)10-17-14(19)15(20)18(16(17)21)12-7-3-4-8-12/h2,5-6,9,12H,3-4,7-8,10H2,1H3. The Morgan fingerprint density at radius 3 is 2.45 bits per heavy atom. The maximum atomic E-state index is 12.5. The Bertz CT molecular complexity index is 622. The van der Waals surface area contributed by atoms with Crippen molar-refractivity contribution in [1.29, 1.82) is 0 Å². The van der Waals surface area contributed by atoms with Crippen LogP contribution >= 0.6 is 0 Å². The van der Waals surface area contributed by atoms with E-state index in [9.17, 15) is 14.4 Å². The zero-order valence-corrected chi connectivity index (χ0v) is 12.4. The van der Waals surface area contributed by atoms with Crippen LogP contribution in [0, 0.1) is 0 Å². The van der Waals surface area contributed by atoms with Gasteiger partial charge in [0, 0.05) is 11.6 Å². The minimum Gasteiger partial charge on any atom is -0.496 e.